The number of carbonyl (C=O) groups excluding carboxylic acids is 4. The van der Waals surface area contributed by atoms with E-state index in [1.807, 2.05) is 29.2 Å². The molecule has 2 aromatic carbocycles. The molecule has 3 amide bonds. The van der Waals surface area contributed by atoms with E-state index in [1.54, 1.807) is 32.2 Å². The molecule has 0 spiro atoms. The van der Waals surface area contributed by atoms with Crippen molar-refractivity contribution >= 4 is 29.4 Å². The lowest BCUT2D eigenvalue weighted by Crippen LogP contribution is -2.48. The summed E-state index contributed by atoms with van der Waals surface area (Å²) in [5, 5.41) is 0. The Hall–Kier alpha value is -3.98. The normalized spacial score (nSPS) is 17.5. The number of carbonyl (C=O) groups is 4. The first-order valence-corrected chi connectivity index (χ1v) is 13.9. The molecule has 0 N–H and O–H groups in total. The average Bonchev–Trinajstić information content (AvgIpc) is 3.45. The lowest BCUT2D eigenvalue weighted by molar-refractivity contribution is -0.120. The van der Waals surface area contributed by atoms with Crippen LogP contribution in [0, 0.1) is 0 Å². The van der Waals surface area contributed by atoms with Gasteiger partial charge >= 0.3 is 5.97 Å². The number of hydrogen-bond donors (Lipinski definition) is 0. The number of esters is 1. The Morgan fingerprint density at radius 1 is 0.925 bits per heavy atom. The van der Waals surface area contributed by atoms with E-state index in [-0.39, 0.29) is 30.3 Å². The van der Waals surface area contributed by atoms with Gasteiger partial charge in [-0.2, -0.15) is 0 Å². The predicted octanol–water partition coefficient (Wildman–Crippen LogP) is 3.96. The molecule has 0 aliphatic carbocycles. The standard InChI is InChI=1S/C31H35N3O6/c1-21-24(30(37)34(28(21)35)23-12-13-25-22(19-23)20-40-31(25)38)9-5-3-4-8-14-32-15-17-33(18-16-32)29(36)26-10-6-7-11-27(26)39-2/h6-7,10-13,19H,3-5,8-9,14-18,20H2,1-2H3. The Balaban J connectivity index is 1.03. The number of nitrogens with zero attached hydrogens (tertiary/aromatic N) is 3. The summed E-state index contributed by atoms with van der Waals surface area (Å²) in [6.07, 6.45) is 4.48. The first-order chi connectivity index (χ1) is 19.4. The molecular weight excluding hydrogens is 510 g/mol. The summed E-state index contributed by atoms with van der Waals surface area (Å²) in [6, 6.07) is 12.3. The number of amides is 3. The van der Waals surface area contributed by atoms with E-state index >= 15 is 0 Å². The average molecular weight is 546 g/mol. The van der Waals surface area contributed by atoms with Gasteiger partial charge < -0.3 is 14.4 Å². The van der Waals surface area contributed by atoms with Crippen molar-refractivity contribution < 1.29 is 28.7 Å². The molecule has 1 fully saturated rings. The van der Waals surface area contributed by atoms with Gasteiger partial charge in [0.1, 0.15) is 12.4 Å². The third-order valence-corrected chi connectivity index (χ3v) is 8.01. The number of para-hydroxylation sites is 1. The second-order valence-corrected chi connectivity index (χ2v) is 10.5. The van der Waals surface area contributed by atoms with Crippen molar-refractivity contribution in [1.82, 2.24) is 9.80 Å². The van der Waals surface area contributed by atoms with Crippen molar-refractivity contribution in [3.63, 3.8) is 0 Å². The maximum Gasteiger partial charge on any atom is 0.338 e. The highest BCUT2D eigenvalue weighted by Crippen LogP contribution is 2.32. The number of hydrogen-bond acceptors (Lipinski definition) is 7. The molecule has 9 heteroatoms. The van der Waals surface area contributed by atoms with Crippen LogP contribution in [0.2, 0.25) is 0 Å². The van der Waals surface area contributed by atoms with Crippen molar-refractivity contribution in [2.45, 2.75) is 45.6 Å². The molecule has 0 atom stereocenters. The molecule has 210 valence electrons. The monoisotopic (exact) mass is 545 g/mol. The van der Waals surface area contributed by atoms with E-state index in [2.05, 4.69) is 4.90 Å². The minimum atomic E-state index is -0.378. The zero-order valence-corrected chi connectivity index (χ0v) is 23.1. The van der Waals surface area contributed by atoms with Crippen molar-refractivity contribution in [2.75, 3.05) is 44.7 Å². The topological polar surface area (TPSA) is 96.5 Å². The van der Waals surface area contributed by atoms with Gasteiger partial charge in [-0.25, -0.2) is 9.69 Å². The fraction of sp³-hybridized carbons (Fsp3) is 0.419. The number of methoxy groups -OCH3 is 1. The Bertz CT molecular complexity index is 1360. The van der Waals surface area contributed by atoms with Gasteiger partial charge in [-0.15, -0.1) is 0 Å². The number of piperazine rings is 1. The molecule has 3 aliphatic heterocycles. The van der Waals surface area contributed by atoms with Crippen LogP contribution < -0.4 is 9.64 Å². The van der Waals surface area contributed by atoms with Crippen LogP contribution in [0.25, 0.3) is 0 Å². The van der Waals surface area contributed by atoms with Crippen LogP contribution >= 0.6 is 0 Å². The third-order valence-electron chi connectivity index (χ3n) is 8.01. The van der Waals surface area contributed by atoms with Crippen LogP contribution in [-0.4, -0.2) is 73.3 Å². The highest BCUT2D eigenvalue weighted by molar-refractivity contribution is 6.32. The maximum atomic E-state index is 13.1. The number of ether oxygens (including phenoxy) is 2. The molecule has 0 bridgehead atoms. The summed E-state index contributed by atoms with van der Waals surface area (Å²) in [4.78, 5) is 56.2. The van der Waals surface area contributed by atoms with E-state index in [0.717, 1.165) is 45.3 Å². The fourth-order valence-corrected chi connectivity index (χ4v) is 5.63. The van der Waals surface area contributed by atoms with Gasteiger partial charge in [-0.1, -0.05) is 25.0 Å². The van der Waals surface area contributed by atoms with Gasteiger partial charge in [0, 0.05) is 42.9 Å². The predicted molar refractivity (Wildman–Crippen MR) is 149 cm³/mol. The Kier molecular flexibility index (Phi) is 8.30. The molecule has 40 heavy (non-hydrogen) atoms. The minimum Gasteiger partial charge on any atom is -0.496 e. The van der Waals surface area contributed by atoms with Crippen LogP contribution in [0.5, 0.6) is 5.75 Å². The third kappa shape index (κ3) is 5.51. The van der Waals surface area contributed by atoms with Crippen molar-refractivity contribution in [2.24, 2.45) is 0 Å². The van der Waals surface area contributed by atoms with E-state index in [4.69, 9.17) is 9.47 Å². The molecule has 3 aliphatic rings. The van der Waals surface area contributed by atoms with Gasteiger partial charge in [0.05, 0.1) is 23.9 Å². The molecule has 0 saturated carbocycles. The van der Waals surface area contributed by atoms with Crippen molar-refractivity contribution in [3.05, 3.63) is 70.3 Å². The van der Waals surface area contributed by atoms with Gasteiger partial charge in [-0.05, 0) is 63.1 Å². The lowest BCUT2D eigenvalue weighted by atomic mass is 10.0. The highest BCUT2D eigenvalue weighted by atomic mass is 16.5. The molecule has 2 aromatic rings. The van der Waals surface area contributed by atoms with Gasteiger partial charge in [0.2, 0.25) is 0 Å². The lowest BCUT2D eigenvalue weighted by Gasteiger charge is -2.35. The van der Waals surface area contributed by atoms with E-state index < -0.39 is 0 Å². The summed E-state index contributed by atoms with van der Waals surface area (Å²) in [7, 11) is 1.58. The number of anilines is 1. The summed E-state index contributed by atoms with van der Waals surface area (Å²) in [5.41, 5.74) is 3.33. The van der Waals surface area contributed by atoms with Crippen LogP contribution in [0.1, 0.15) is 65.3 Å². The SMILES string of the molecule is COc1ccccc1C(=O)N1CCN(CCCCCCC2=C(C)C(=O)N(c3ccc4c(c3)COC4=O)C2=O)CC1. The van der Waals surface area contributed by atoms with Crippen LogP contribution in [-0.2, 0) is 20.9 Å². The zero-order valence-electron chi connectivity index (χ0n) is 23.1. The van der Waals surface area contributed by atoms with Crippen LogP contribution in [0.3, 0.4) is 0 Å². The van der Waals surface area contributed by atoms with Crippen molar-refractivity contribution in [1.29, 1.82) is 0 Å². The second-order valence-electron chi connectivity index (χ2n) is 10.5. The summed E-state index contributed by atoms with van der Waals surface area (Å²) in [6.45, 7) is 5.95. The summed E-state index contributed by atoms with van der Waals surface area (Å²) >= 11 is 0. The van der Waals surface area contributed by atoms with E-state index in [1.165, 1.54) is 4.90 Å². The largest absolute Gasteiger partial charge is 0.496 e. The first-order valence-electron chi connectivity index (χ1n) is 13.9. The number of cyclic esters (lactones) is 1. The van der Waals surface area contributed by atoms with Gasteiger partial charge in [-0.3, -0.25) is 19.3 Å². The number of rotatable bonds is 10. The zero-order chi connectivity index (χ0) is 28.2. The van der Waals surface area contributed by atoms with Gasteiger partial charge in [0.15, 0.2) is 0 Å². The number of fused-ring (bicyclic) bond motifs is 1. The maximum absolute atomic E-state index is 13.1. The smallest absolute Gasteiger partial charge is 0.338 e. The first kappa shape index (κ1) is 27.6. The number of imide groups is 1. The summed E-state index contributed by atoms with van der Waals surface area (Å²) < 4.78 is 10.4. The van der Waals surface area contributed by atoms with Gasteiger partial charge in [0.25, 0.3) is 17.7 Å². The number of unbranched alkanes of at least 4 members (excludes halogenated alkanes) is 3. The molecule has 0 radical (unpaired) electrons. The minimum absolute atomic E-state index is 0.0143. The Morgan fingerprint density at radius 2 is 1.68 bits per heavy atom. The van der Waals surface area contributed by atoms with E-state index in [9.17, 15) is 19.2 Å². The highest BCUT2D eigenvalue weighted by Gasteiger charge is 2.37. The number of benzene rings is 2. The molecule has 5 rings (SSSR count). The second kappa shape index (κ2) is 12.0. The fourth-order valence-electron chi connectivity index (χ4n) is 5.63. The molecule has 3 heterocycles. The van der Waals surface area contributed by atoms with Crippen molar-refractivity contribution in [3.8, 4) is 5.75 Å². The molecule has 0 aromatic heterocycles. The van der Waals surface area contributed by atoms with E-state index in [0.29, 0.717) is 58.8 Å². The molecule has 1 saturated heterocycles. The Labute approximate surface area is 234 Å². The molecule has 0 unspecified atom stereocenters. The summed E-state index contributed by atoms with van der Waals surface area (Å²) in [5.74, 6) is -0.326. The molecular formula is C31H35N3O6. The molecule has 9 nitrogen and oxygen atoms in total. The Morgan fingerprint density at radius 3 is 2.45 bits per heavy atom. The van der Waals surface area contributed by atoms with Crippen LogP contribution in [0.4, 0.5) is 5.69 Å². The van der Waals surface area contributed by atoms with Crippen LogP contribution in [0.15, 0.2) is 53.6 Å². The quantitative estimate of drug-likeness (QED) is 0.253.